The molecule has 0 aromatic carbocycles. The summed E-state index contributed by atoms with van der Waals surface area (Å²) in [4.78, 5) is 22.9. The number of allylic oxidation sites excluding steroid dienone is 4. The van der Waals surface area contributed by atoms with Crippen LogP contribution in [0.25, 0.3) is 0 Å². The number of ketones is 2. The van der Waals surface area contributed by atoms with Gasteiger partial charge in [0.2, 0.25) is 0 Å². The number of hydrogen-bond acceptors (Lipinski definition) is 3. The van der Waals surface area contributed by atoms with Gasteiger partial charge in [-0.25, -0.2) is 0 Å². The first-order valence-electron chi connectivity index (χ1n) is 8.27. The van der Waals surface area contributed by atoms with E-state index in [4.69, 9.17) is 4.74 Å². The number of methoxy groups -OCH3 is 1. The minimum absolute atomic E-state index is 0.0749. The predicted octanol–water partition coefficient (Wildman–Crippen LogP) is 4.12. The Balaban J connectivity index is 2.49. The summed E-state index contributed by atoms with van der Waals surface area (Å²) in [5.41, 5.74) is 0.502. The van der Waals surface area contributed by atoms with E-state index < -0.39 is 0 Å². The van der Waals surface area contributed by atoms with Gasteiger partial charge in [-0.3, -0.25) is 9.59 Å². The van der Waals surface area contributed by atoms with Crippen molar-refractivity contribution in [2.45, 2.75) is 59.5 Å². The van der Waals surface area contributed by atoms with E-state index in [-0.39, 0.29) is 11.6 Å². The zero-order valence-electron chi connectivity index (χ0n) is 14.6. The van der Waals surface area contributed by atoms with Crippen molar-refractivity contribution in [1.29, 1.82) is 0 Å². The predicted molar refractivity (Wildman–Crippen MR) is 89.7 cm³/mol. The molecular weight excluding hydrogens is 276 g/mol. The molecule has 1 rings (SSSR count). The Morgan fingerprint density at radius 3 is 2.55 bits per heavy atom. The third kappa shape index (κ3) is 6.27. The quantitative estimate of drug-likeness (QED) is 0.664. The molecule has 124 valence electrons. The van der Waals surface area contributed by atoms with Crippen molar-refractivity contribution in [3.63, 3.8) is 0 Å². The summed E-state index contributed by atoms with van der Waals surface area (Å²) in [6.45, 7) is 7.55. The van der Waals surface area contributed by atoms with Gasteiger partial charge in [0.05, 0.1) is 6.10 Å². The van der Waals surface area contributed by atoms with Gasteiger partial charge in [0.15, 0.2) is 11.6 Å². The summed E-state index contributed by atoms with van der Waals surface area (Å²) < 4.78 is 5.57. The monoisotopic (exact) mass is 306 g/mol. The van der Waals surface area contributed by atoms with Gasteiger partial charge in [0.1, 0.15) is 0 Å². The van der Waals surface area contributed by atoms with Crippen LogP contribution in [0.3, 0.4) is 0 Å². The van der Waals surface area contributed by atoms with Gasteiger partial charge in [-0.05, 0) is 75.0 Å². The van der Waals surface area contributed by atoms with Gasteiger partial charge in [0.25, 0.3) is 0 Å². The summed E-state index contributed by atoms with van der Waals surface area (Å²) in [5, 5.41) is 0. The van der Waals surface area contributed by atoms with Crippen molar-refractivity contribution in [2.24, 2.45) is 17.8 Å². The first kappa shape index (κ1) is 18.8. The zero-order valence-corrected chi connectivity index (χ0v) is 14.6. The van der Waals surface area contributed by atoms with Crippen LogP contribution in [0.2, 0.25) is 0 Å². The SMILES string of the molecule is CO[C@@H]1C[C@H](C[C@@H](C)/C=C/C(=O)/C(C)=C/C(C)=O)CC[C@H]1C. The van der Waals surface area contributed by atoms with Crippen LogP contribution in [0, 0.1) is 17.8 Å². The maximum Gasteiger partial charge on any atom is 0.181 e. The molecule has 1 saturated carbocycles. The minimum Gasteiger partial charge on any atom is -0.381 e. The molecular formula is C19H30O3. The second-order valence-electron chi connectivity index (χ2n) is 6.80. The molecule has 0 spiro atoms. The van der Waals surface area contributed by atoms with E-state index in [1.54, 1.807) is 20.1 Å². The molecule has 0 N–H and O–H groups in total. The van der Waals surface area contributed by atoms with Crippen molar-refractivity contribution in [2.75, 3.05) is 7.11 Å². The lowest BCUT2D eigenvalue weighted by Crippen LogP contribution is -2.29. The molecule has 0 heterocycles. The maximum absolute atomic E-state index is 11.9. The van der Waals surface area contributed by atoms with Crippen LogP contribution < -0.4 is 0 Å². The van der Waals surface area contributed by atoms with Crippen molar-refractivity contribution < 1.29 is 14.3 Å². The molecule has 0 aliphatic heterocycles. The van der Waals surface area contributed by atoms with E-state index in [1.807, 2.05) is 6.08 Å². The molecule has 0 saturated heterocycles. The lowest BCUT2D eigenvalue weighted by Gasteiger charge is -2.34. The van der Waals surface area contributed by atoms with E-state index in [2.05, 4.69) is 13.8 Å². The Bertz CT molecular complexity index is 448. The molecule has 0 aromatic rings. The van der Waals surface area contributed by atoms with Crippen LogP contribution in [0.4, 0.5) is 0 Å². The minimum atomic E-state index is -0.0887. The highest BCUT2D eigenvalue weighted by atomic mass is 16.5. The van der Waals surface area contributed by atoms with Crippen molar-refractivity contribution in [3.8, 4) is 0 Å². The summed E-state index contributed by atoms with van der Waals surface area (Å²) in [5.74, 6) is 1.52. The van der Waals surface area contributed by atoms with Crippen molar-refractivity contribution >= 4 is 11.6 Å². The number of carbonyl (C=O) groups excluding carboxylic acids is 2. The Labute approximate surface area is 134 Å². The molecule has 0 aromatic heterocycles. The van der Waals surface area contributed by atoms with E-state index in [1.165, 1.54) is 25.8 Å². The van der Waals surface area contributed by atoms with Crippen LogP contribution in [0.5, 0.6) is 0 Å². The lowest BCUT2D eigenvalue weighted by molar-refractivity contribution is -0.114. The van der Waals surface area contributed by atoms with Gasteiger partial charge < -0.3 is 4.74 Å². The molecule has 22 heavy (non-hydrogen) atoms. The molecule has 3 heteroatoms. The van der Waals surface area contributed by atoms with Gasteiger partial charge in [-0.2, -0.15) is 0 Å². The highest BCUT2D eigenvalue weighted by Gasteiger charge is 2.28. The third-order valence-corrected chi connectivity index (χ3v) is 4.62. The smallest absolute Gasteiger partial charge is 0.181 e. The number of carbonyl (C=O) groups is 2. The van der Waals surface area contributed by atoms with Gasteiger partial charge in [-0.1, -0.05) is 19.9 Å². The topological polar surface area (TPSA) is 43.4 Å². The molecule has 1 fully saturated rings. The van der Waals surface area contributed by atoms with Crippen LogP contribution in [0.15, 0.2) is 23.8 Å². The first-order chi connectivity index (χ1) is 10.3. The number of hydrogen-bond donors (Lipinski definition) is 0. The van der Waals surface area contributed by atoms with Gasteiger partial charge >= 0.3 is 0 Å². The molecule has 0 unspecified atom stereocenters. The fourth-order valence-corrected chi connectivity index (χ4v) is 3.27. The Hall–Kier alpha value is -1.22. The number of ether oxygens (including phenoxy) is 1. The Morgan fingerprint density at radius 2 is 1.95 bits per heavy atom. The lowest BCUT2D eigenvalue weighted by atomic mass is 9.77. The van der Waals surface area contributed by atoms with Gasteiger partial charge in [0, 0.05) is 7.11 Å². The molecule has 0 amide bonds. The summed E-state index contributed by atoms with van der Waals surface area (Å²) in [6, 6.07) is 0. The molecule has 1 aliphatic carbocycles. The molecule has 4 atom stereocenters. The highest BCUT2D eigenvalue weighted by Crippen LogP contribution is 2.34. The van der Waals surface area contributed by atoms with Crippen LogP contribution in [0.1, 0.15) is 53.4 Å². The zero-order chi connectivity index (χ0) is 16.7. The van der Waals surface area contributed by atoms with Crippen LogP contribution in [-0.4, -0.2) is 24.8 Å². The fourth-order valence-electron chi connectivity index (χ4n) is 3.27. The Morgan fingerprint density at radius 1 is 1.27 bits per heavy atom. The number of rotatable bonds is 7. The second-order valence-corrected chi connectivity index (χ2v) is 6.80. The van der Waals surface area contributed by atoms with E-state index in [0.717, 1.165) is 12.8 Å². The summed E-state index contributed by atoms with van der Waals surface area (Å²) in [6.07, 6.45) is 10.0. The maximum atomic E-state index is 11.9. The van der Waals surface area contributed by atoms with Crippen molar-refractivity contribution in [1.82, 2.24) is 0 Å². The summed E-state index contributed by atoms with van der Waals surface area (Å²) in [7, 11) is 1.80. The van der Waals surface area contributed by atoms with Crippen molar-refractivity contribution in [3.05, 3.63) is 23.8 Å². The average Bonchev–Trinajstić information content (AvgIpc) is 2.46. The van der Waals surface area contributed by atoms with E-state index in [9.17, 15) is 9.59 Å². The van der Waals surface area contributed by atoms with E-state index in [0.29, 0.717) is 29.4 Å². The average molecular weight is 306 g/mol. The Kier molecular flexibility index (Phi) is 7.74. The van der Waals surface area contributed by atoms with E-state index >= 15 is 0 Å². The van der Waals surface area contributed by atoms with Gasteiger partial charge in [-0.15, -0.1) is 0 Å². The second kappa shape index (κ2) is 9.04. The first-order valence-corrected chi connectivity index (χ1v) is 8.27. The molecule has 0 bridgehead atoms. The normalized spacial score (nSPS) is 27.9. The third-order valence-electron chi connectivity index (χ3n) is 4.62. The standard InChI is InChI=1S/C19H30O3/c1-13(6-9-18(21)15(3)11-16(4)20)10-17-8-7-14(2)19(12-17)22-5/h6,9,11,13-14,17,19H,7-8,10,12H2,1-5H3/b9-6+,15-11+/t13-,14+,17-,19+/m0/s1. The molecule has 1 aliphatic rings. The molecule has 0 radical (unpaired) electrons. The fraction of sp³-hybridized carbons (Fsp3) is 0.684. The largest absolute Gasteiger partial charge is 0.381 e. The molecule has 3 nitrogen and oxygen atoms in total. The highest BCUT2D eigenvalue weighted by molar-refractivity contribution is 6.07. The van der Waals surface area contributed by atoms with Crippen LogP contribution >= 0.6 is 0 Å². The summed E-state index contributed by atoms with van der Waals surface area (Å²) >= 11 is 0. The van der Waals surface area contributed by atoms with Crippen LogP contribution in [-0.2, 0) is 14.3 Å².